The minimum absolute atomic E-state index is 0.0134. The molecule has 0 unspecified atom stereocenters. The number of hydrogen-bond acceptors (Lipinski definition) is 5. The molecule has 0 bridgehead atoms. The van der Waals surface area contributed by atoms with Gasteiger partial charge in [0.2, 0.25) is 5.91 Å². The van der Waals surface area contributed by atoms with E-state index in [9.17, 15) is 4.79 Å². The lowest BCUT2D eigenvalue weighted by Crippen LogP contribution is -2.27. The number of carbonyl (C=O) groups is 1. The van der Waals surface area contributed by atoms with Crippen molar-refractivity contribution in [2.75, 3.05) is 13.6 Å². The summed E-state index contributed by atoms with van der Waals surface area (Å²) in [5.41, 5.74) is 3.02. The third-order valence-electron chi connectivity index (χ3n) is 4.67. The van der Waals surface area contributed by atoms with E-state index in [0.717, 1.165) is 35.7 Å². The Morgan fingerprint density at radius 2 is 2.24 bits per heavy atom. The van der Waals surface area contributed by atoms with E-state index in [2.05, 4.69) is 32.3 Å². The highest BCUT2D eigenvalue weighted by Crippen LogP contribution is 2.30. The number of rotatable bonds is 6. The highest BCUT2D eigenvalue weighted by atomic mass is 16.1. The first-order valence-corrected chi connectivity index (χ1v) is 8.82. The van der Waals surface area contributed by atoms with Crippen LogP contribution in [0.1, 0.15) is 48.1 Å². The molecule has 0 aliphatic carbocycles. The number of aryl methyl sites for hydroxylation is 3. The van der Waals surface area contributed by atoms with Crippen LogP contribution in [0.4, 0.5) is 0 Å². The molecule has 134 valence electrons. The molecule has 3 rings (SSSR count). The average molecular weight is 342 g/mol. The zero-order valence-corrected chi connectivity index (χ0v) is 15.2. The molecule has 1 aliphatic heterocycles. The first-order chi connectivity index (χ1) is 12.0. The fraction of sp³-hybridized carbons (Fsp3) is 0.556. The molecule has 1 N–H and O–H groups in total. The van der Waals surface area contributed by atoms with Gasteiger partial charge in [0, 0.05) is 37.5 Å². The Balaban J connectivity index is 1.59. The number of carbonyl (C=O) groups excluding carboxylic acids is 1. The minimum atomic E-state index is 0.0134. The summed E-state index contributed by atoms with van der Waals surface area (Å²) in [6.45, 7) is 5.99. The molecule has 0 saturated carbocycles. The highest BCUT2D eigenvalue weighted by molar-refractivity contribution is 5.75. The van der Waals surface area contributed by atoms with Gasteiger partial charge in [-0.2, -0.15) is 5.10 Å². The summed E-state index contributed by atoms with van der Waals surface area (Å²) >= 11 is 0. The van der Waals surface area contributed by atoms with Gasteiger partial charge in [-0.25, -0.2) is 9.97 Å². The summed E-state index contributed by atoms with van der Waals surface area (Å²) in [4.78, 5) is 23.5. The molecule has 2 aromatic heterocycles. The number of hydrogen-bond donors (Lipinski definition) is 1. The van der Waals surface area contributed by atoms with E-state index in [1.165, 1.54) is 6.42 Å². The van der Waals surface area contributed by atoms with E-state index in [4.69, 9.17) is 0 Å². The summed E-state index contributed by atoms with van der Waals surface area (Å²) in [5.74, 6) is 0.791. The van der Waals surface area contributed by atoms with Gasteiger partial charge < -0.3 is 5.32 Å². The van der Waals surface area contributed by atoms with Gasteiger partial charge in [-0.05, 0) is 46.3 Å². The van der Waals surface area contributed by atoms with Crippen molar-refractivity contribution >= 4 is 5.91 Å². The van der Waals surface area contributed by atoms with Gasteiger partial charge in [0.1, 0.15) is 5.82 Å². The smallest absolute Gasteiger partial charge is 0.222 e. The second kappa shape index (κ2) is 7.74. The largest absolute Gasteiger partial charge is 0.352 e. The van der Waals surface area contributed by atoms with Crippen LogP contribution in [0.15, 0.2) is 18.5 Å². The van der Waals surface area contributed by atoms with Gasteiger partial charge >= 0.3 is 0 Å². The van der Waals surface area contributed by atoms with Crippen LogP contribution in [0.2, 0.25) is 0 Å². The van der Waals surface area contributed by atoms with Crippen molar-refractivity contribution in [1.82, 2.24) is 30.0 Å². The Labute approximate surface area is 148 Å². The Morgan fingerprint density at radius 3 is 2.92 bits per heavy atom. The van der Waals surface area contributed by atoms with Crippen molar-refractivity contribution in [3.8, 4) is 0 Å². The van der Waals surface area contributed by atoms with Crippen LogP contribution in [-0.2, 0) is 17.9 Å². The van der Waals surface area contributed by atoms with Crippen molar-refractivity contribution in [3.05, 3.63) is 41.2 Å². The Hall–Kier alpha value is -2.28. The Kier molecular flexibility index (Phi) is 5.43. The number of nitrogens with zero attached hydrogens (tertiary/aromatic N) is 5. The molecule has 25 heavy (non-hydrogen) atoms. The number of aromatic nitrogens is 4. The molecule has 1 amide bonds. The maximum atomic E-state index is 12.2. The fourth-order valence-corrected chi connectivity index (χ4v) is 3.28. The third-order valence-corrected chi connectivity index (χ3v) is 4.67. The van der Waals surface area contributed by atoms with Gasteiger partial charge in [-0.3, -0.25) is 14.4 Å². The van der Waals surface area contributed by atoms with Gasteiger partial charge in [0.05, 0.1) is 17.4 Å². The van der Waals surface area contributed by atoms with E-state index in [1.807, 2.05) is 32.3 Å². The first-order valence-electron chi connectivity index (χ1n) is 8.82. The van der Waals surface area contributed by atoms with Crippen molar-refractivity contribution in [1.29, 1.82) is 0 Å². The lowest BCUT2D eigenvalue weighted by molar-refractivity contribution is -0.121. The molecule has 7 heteroatoms. The highest BCUT2D eigenvalue weighted by Gasteiger charge is 2.26. The van der Waals surface area contributed by atoms with E-state index in [1.54, 1.807) is 4.68 Å². The van der Waals surface area contributed by atoms with Gasteiger partial charge in [0.15, 0.2) is 0 Å². The molecule has 3 heterocycles. The van der Waals surface area contributed by atoms with E-state index < -0.39 is 0 Å². The molecule has 1 fully saturated rings. The molecule has 0 radical (unpaired) electrons. The summed E-state index contributed by atoms with van der Waals surface area (Å²) < 4.78 is 1.79. The van der Waals surface area contributed by atoms with Crippen LogP contribution in [-0.4, -0.2) is 44.1 Å². The fourth-order valence-electron chi connectivity index (χ4n) is 3.28. The van der Waals surface area contributed by atoms with Crippen molar-refractivity contribution < 1.29 is 4.79 Å². The minimum Gasteiger partial charge on any atom is -0.352 e. The average Bonchev–Trinajstić information content (AvgIpc) is 3.20. The van der Waals surface area contributed by atoms with E-state index >= 15 is 0 Å². The summed E-state index contributed by atoms with van der Waals surface area (Å²) in [7, 11) is 2.13. The molecular formula is C18H26N6O. The SMILES string of the molecule is Cc1ccn(CCC(=O)NCc2cnc(C)nc2[C@@H]2CCCN2C)n1. The molecule has 7 nitrogen and oxygen atoms in total. The maximum absolute atomic E-state index is 12.2. The normalized spacial score (nSPS) is 17.8. The second-order valence-electron chi connectivity index (χ2n) is 6.71. The van der Waals surface area contributed by atoms with Gasteiger partial charge in [0.25, 0.3) is 0 Å². The molecule has 1 atom stereocenters. The second-order valence-corrected chi connectivity index (χ2v) is 6.71. The maximum Gasteiger partial charge on any atom is 0.222 e. The standard InChI is InChI=1S/C18H26N6O/c1-13-6-9-24(22-13)10-7-17(25)20-12-15-11-19-14(2)21-18(15)16-5-4-8-23(16)3/h6,9,11,16H,4-5,7-8,10,12H2,1-3H3,(H,20,25)/t16-/m0/s1. The monoisotopic (exact) mass is 342 g/mol. The number of nitrogens with one attached hydrogen (secondary N) is 1. The van der Waals surface area contributed by atoms with Crippen molar-refractivity contribution in [3.63, 3.8) is 0 Å². The Bertz CT molecular complexity index is 741. The zero-order valence-electron chi connectivity index (χ0n) is 15.2. The predicted molar refractivity (Wildman–Crippen MR) is 94.8 cm³/mol. The molecule has 1 aliphatic rings. The lowest BCUT2D eigenvalue weighted by atomic mass is 10.1. The molecule has 1 saturated heterocycles. The lowest BCUT2D eigenvalue weighted by Gasteiger charge is -2.21. The van der Waals surface area contributed by atoms with Crippen LogP contribution in [0.25, 0.3) is 0 Å². The van der Waals surface area contributed by atoms with Crippen LogP contribution in [0.3, 0.4) is 0 Å². The number of amides is 1. The van der Waals surface area contributed by atoms with Crippen LogP contribution in [0, 0.1) is 13.8 Å². The zero-order chi connectivity index (χ0) is 17.8. The van der Waals surface area contributed by atoms with Crippen molar-refractivity contribution in [2.45, 2.75) is 52.2 Å². The third kappa shape index (κ3) is 4.42. The summed E-state index contributed by atoms with van der Waals surface area (Å²) in [6.07, 6.45) is 6.43. The first kappa shape index (κ1) is 17.5. The quantitative estimate of drug-likeness (QED) is 0.866. The van der Waals surface area contributed by atoms with E-state index in [0.29, 0.717) is 25.6 Å². The van der Waals surface area contributed by atoms with Crippen LogP contribution < -0.4 is 5.32 Å². The van der Waals surface area contributed by atoms with Crippen LogP contribution >= 0.6 is 0 Å². The number of likely N-dealkylation sites (tertiary alicyclic amines) is 1. The summed E-state index contributed by atoms with van der Waals surface area (Å²) in [5, 5.41) is 7.29. The molecule has 0 aromatic carbocycles. The molecule has 2 aromatic rings. The van der Waals surface area contributed by atoms with E-state index in [-0.39, 0.29) is 5.91 Å². The van der Waals surface area contributed by atoms with Gasteiger partial charge in [-0.1, -0.05) is 0 Å². The topological polar surface area (TPSA) is 75.9 Å². The molecule has 0 spiro atoms. The van der Waals surface area contributed by atoms with Crippen molar-refractivity contribution in [2.24, 2.45) is 0 Å². The molecular weight excluding hydrogens is 316 g/mol. The van der Waals surface area contributed by atoms with Gasteiger partial charge in [-0.15, -0.1) is 0 Å². The predicted octanol–water partition coefficient (Wildman–Crippen LogP) is 1.76. The Morgan fingerprint density at radius 1 is 1.40 bits per heavy atom. The summed E-state index contributed by atoms with van der Waals surface area (Å²) in [6, 6.07) is 2.26. The van der Waals surface area contributed by atoms with Crippen LogP contribution in [0.5, 0.6) is 0 Å².